The highest BCUT2D eigenvalue weighted by molar-refractivity contribution is 7.90. The molecule has 0 spiro atoms. The zero-order valence-corrected chi connectivity index (χ0v) is 13.9. The largest absolute Gasteiger partial charge is 0.493 e. The van der Waals surface area contributed by atoms with Crippen LogP contribution in [0.5, 0.6) is 11.5 Å². The molecule has 0 unspecified atom stereocenters. The van der Waals surface area contributed by atoms with Gasteiger partial charge in [-0.05, 0) is 23.8 Å². The molecule has 0 aliphatic carbocycles. The van der Waals surface area contributed by atoms with Crippen molar-refractivity contribution in [3.8, 4) is 11.5 Å². The lowest BCUT2D eigenvalue weighted by Crippen LogP contribution is -2.24. The summed E-state index contributed by atoms with van der Waals surface area (Å²) in [5, 5.41) is 3.93. The molecule has 0 aromatic heterocycles. The fraction of sp³-hybridized carbons (Fsp3) is 0.333. The first kappa shape index (κ1) is 17.0. The number of hydrogen-bond donors (Lipinski definition) is 1. The Morgan fingerprint density at radius 1 is 1.17 bits per heavy atom. The van der Waals surface area contributed by atoms with Crippen molar-refractivity contribution in [2.24, 2.45) is 5.10 Å². The van der Waals surface area contributed by atoms with Gasteiger partial charge in [0.25, 0.3) is 0 Å². The number of hydrazone groups is 1. The van der Waals surface area contributed by atoms with Crippen LogP contribution in [0.4, 0.5) is 0 Å². The van der Waals surface area contributed by atoms with Crippen LogP contribution in [0.1, 0.15) is 18.4 Å². The van der Waals surface area contributed by atoms with Crippen LogP contribution in [-0.4, -0.2) is 40.5 Å². The van der Waals surface area contributed by atoms with Gasteiger partial charge in [0.1, 0.15) is 4.90 Å². The molecule has 0 saturated heterocycles. The molecule has 124 valence electrons. The van der Waals surface area contributed by atoms with Gasteiger partial charge in [-0.25, -0.2) is 13.8 Å². The Labute approximate surface area is 134 Å². The van der Waals surface area contributed by atoms with Crippen molar-refractivity contribution in [2.75, 3.05) is 20.5 Å². The van der Waals surface area contributed by atoms with E-state index < -0.39 is 9.84 Å². The molecule has 2 rings (SSSR count). The maximum atomic E-state index is 11.9. The molecule has 8 heteroatoms. The van der Waals surface area contributed by atoms with E-state index in [1.165, 1.54) is 20.3 Å². The Bertz CT molecular complexity index is 781. The molecule has 1 aliphatic heterocycles. The Balaban J connectivity index is 2.42. The zero-order valence-electron chi connectivity index (χ0n) is 13.1. The van der Waals surface area contributed by atoms with E-state index in [-0.39, 0.29) is 16.6 Å². The van der Waals surface area contributed by atoms with Crippen molar-refractivity contribution in [2.45, 2.75) is 17.7 Å². The van der Waals surface area contributed by atoms with E-state index >= 15 is 0 Å². The number of hydrogen-bond acceptors (Lipinski definition) is 6. The van der Waals surface area contributed by atoms with Gasteiger partial charge in [0, 0.05) is 19.1 Å². The second kappa shape index (κ2) is 6.82. The van der Waals surface area contributed by atoms with Gasteiger partial charge in [0.05, 0.1) is 19.9 Å². The average Bonchev–Trinajstić information content (AvgIpc) is 2.52. The normalized spacial score (nSPS) is 15.3. The summed E-state index contributed by atoms with van der Waals surface area (Å²) in [6.45, 7) is 0. The number of benzene rings is 1. The van der Waals surface area contributed by atoms with Gasteiger partial charge in [-0.1, -0.05) is 6.08 Å². The molecule has 0 fully saturated rings. The quantitative estimate of drug-likeness (QED) is 0.875. The molecule has 0 saturated carbocycles. The van der Waals surface area contributed by atoms with Crippen molar-refractivity contribution in [1.29, 1.82) is 0 Å². The van der Waals surface area contributed by atoms with E-state index in [0.29, 0.717) is 29.9 Å². The van der Waals surface area contributed by atoms with Crippen LogP contribution in [0.15, 0.2) is 28.2 Å². The lowest BCUT2D eigenvalue weighted by Gasteiger charge is -2.13. The number of carbonyl (C=O) groups is 1. The Kier molecular flexibility index (Phi) is 5.05. The van der Waals surface area contributed by atoms with Gasteiger partial charge in [-0.15, -0.1) is 0 Å². The maximum absolute atomic E-state index is 11.9. The highest BCUT2D eigenvalue weighted by Crippen LogP contribution is 2.36. The summed E-state index contributed by atoms with van der Waals surface area (Å²) in [5.74, 6) is 0.385. The van der Waals surface area contributed by atoms with Crippen molar-refractivity contribution >= 4 is 27.5 Å². The first-order chi connectivity index (χ1) is 10.8. The number of amides is 1. The molecule has 1 aromatic rings. The van der Waals surface area contributed by atoms with E-state index in [0.717, 1.165) is 6.26 Å². The summed E-state index contributed by atoms with van der Waals surface area (Å²) in [6.07, 6.45) is 5.47. The highest BCUT2D eigenvalue weighted by atomic mass is 32.2. The number of carbonyl (C=O) groups excluding carboxylic acids is 1. The minimum atomic E-state index is -3.48. The second-order valence-electron chi connectivity index (χ2n) is 5.00. The lowest BCUT2D eigenvalue weighted by atomic mass is 10.1. The van der Waals surface area contributed by atoms with Crippen LogP contribution in [0.25, 0.3) is 6.08 Å². The number of allylic oxidation sites excluding steroid dienone is 1. The van der Waals surface area contributed by atoms with Gasteiger partial charge in [-0.3, -0.25) is 4.79 Å². The molecule has 0 atom stereocenters. The Hall–Kier alpha value is -2.35. The number of nitrogens with one attached hydrogen (secondary N) is 1. The van der Waals surface area contributed by atoms with Gasteiger partial charge in [0.15, 0.2) is 21.3 Å². The smallest absolute Gasteiger partial charge is 0.240 e. The molecule has 23 heavy (non-hydrogen) atoms. The number of methoxy groups -OCH3 is 2. The lowest BCUT2D eigenvalue weighted by molar-refractivity contribution is -0.121. The fourth-order valence-electron chi connectivity index (χ4n) is 2.12. The average molecular weight is 338 g/mol. The van der Waals surface area contributed by atoms with E-state index in [1.54, 1.807) is 18.2 Å². The topological polar surface area (TPSA) is 94.1 Å². The molecular weight excluding hydrogens is 320 g/mol. The molecule has 1 heterocycles. The van der Waals surface area contributed by atoms with Crippen molar-refractivity contribution in [1.82, 2.24) is 5.43 Å². The number of nitrogens with zero attached hydrogens (tertiary/aromatic N) is 1. The summed E-state index contributed by atoms with van der Waals surface area (Å²) < 4.78 is 34.3. The molecule has 1 N–H and O–H groups in total. The van der Waals surface area contributed by atoms with Crippen LogP contribution in [0.2, 0.25) is 0 Å². The predicted molar refractivity (Wildman–Crippen MR) is 86.5 cm³/mol. The van der Waals surface area contributed by atoms with Crippen LogP contribution in [0.3, 0.4) is 0 Å². The number of rotatable bonds is 5. The van der Waals surface area contributed by atoms with E-state index in [1.807, 2.05) is 0 Å². The van der Waals surface area contributed by atoms with Gasteiger partial charge >= 0.3 is 0 Å². The molecule has 7 nitrogen and oxygen atoms in total. The highest BCUT2D eigenvalue weighted by Gasteiger charge is 2.19. The molecular formula is C15H18N2O5S. The summed E-state index contributed by atoms with van der Waals surface area (Å²) in [7, 11) is -0.644. The third-order valence-electron chi connectivity index (χ3n) is 3.27. The summed E-state index contributed by atoms with van der Waals surface area (Å²) >= 11 is 0. The van der Waals surface area contributed by atoms with E-state index in [2.05, 4.69) is 10.5 Å². The molecule has 1 aliphatic rings. The Morgan fingerprint density at radius 2 is 1.91 bits per heavy atom. The van der Waals surface area contributed by atoms with Gasteiger partial charge in [0.2, 0.25) is 5.91 Å². The van der Waals surface area contributed by atoms with Crippen molar-refractivity contribution < 1.29 is 22.7 Å². The Morgan fingerprint density at radius 3 is 2.43 bits per heavy atom. The van der Waals surface area contributed by atoms with Crippen LogP contribution in [0, 0.1) is 0 Å². The third-order valence-corrected chi connectivity index (χ3v) is 4.37. The van der Waals surface area contributed by atoms with Gasteiger partial charge < -0.3 is 9.47 Å². The monoisotopic (exact) mass is 338 g/mol. The molecule has 1 amide bonds. The zero-order chi connectivity index (χ0) is 17.0. The van der Waals surface area contributed by atoms with Crippen LogP contribution >= 0.6 is 0 Å². The molecule has 0 radical (unpaired) electrons. The van der Waals surface area contributed by atoms with Crippen molar-refractivity contribution in [3.05, 3.63) is 23.8 Å². The minimum absolute atomic E-state index is 0.0536. The fourth-order valence-corrected chi connectivity index (χ4v) is 2.99. The van der Waals surface area contributed by atoms with E-state index in [9.17, 15) is 13.2 Å². The van der Waals surface area contributed by atoms with Gasteiger partial charge in [-0.2, -0.15) is 5.10 Å². The van der Waals surface area contributed by atoms with E-state index in [4.69, 9.17) is 9.47 Å². The number of sulfone groups is 1. The summed E-state index contributed by atoms with van der Waals surface area (Å²) in [4.78, 5) is 11.1. The summed E-state index contributed by atoms with van der Waals surface area (Å²) in [5.41, 5.74) is 3.74. The number of ether oxygens (including phenoxy) is 2. The first-order valence-corrected chi connectivity index (χ1v) is 8.74. The SMILES string of the molecule is COc1cc(C=CC2=NNC(=O)CC2)cc(S(C)(=O)=O)c1OC. The summed E-state index contributed by atoms with van der Waals surface area (Å²) in [6, 6.07) is 3.18. The third kappa shape index (κ3) is 4.10. The van der Waals surface area contributed by atoms with Crippen LogP contribution in [-0.2, 0) is 14.6 Å². The predicted octanol–water partition coefficient (Wildman–Crippen LogP) is 1.39. The maximum Gasteiger partial charge on any atom is 0.240 e. The molecule has 1 aromatic carbocycles. The standard InChI is InChI=1S/C15H18N2O5S/c1-21-12-8-10(4-5-11-6-7-14(18)17-16-11)9-13(15(12)22-2)23(3,19)20/h4-5,8-9H,6-7H2,1-3H3,(H,17,18). The van der Waals surface area contributed by atoms with Crippen molar-refractivity contribution in [3.63, 3.8) is 0 Å². The first-order valence-electron chi connectivity index (χ1n) is 6.84. The van der Waals surface area contributed by atoms with Crippen LogP contribution < -0.4 is 14.9 Å². The second-order valence-corrected chi connectivity index (χ2v) is 6.98. The molecule has 0 bridgehead atoms. The minimum Gasteiger partial charge on any atom is -0.493 e.